The van der Waals surface area contributed by atoms with Crippen LogP contribution < -0.4 is 16.4 Å². The Morgan fingerprint density at radius 2 is 2.05 bits per heavy atom. The van der Waals surface area contributed by atoms with Gasteiger partial charge in [-0.2, -0.15) is 0 Å². The molecule has 0 spiro atoms. The van der Waals surface area contributed by atoms with Gasteiger partial charge < -0.3 is 20.8 Å². The Morgan fingerprint density at radius 1 is 1.23 bits per heavy atom. The molecule has 0 aliphatic carbocycles. The Hall–Kier alpha value is -2.60. The van der Waals surface area contributed by atoms with Crippen molar-refractivity contribution in [3.8, 4) is 0 Å². The first-order valence-corrected chi connectivity index (χ1v) is 7.05. The number of hydrogen-bond acceptors (Lipinski definition) is 4. The summed E-state index contributed by atoms with van der Waals surface area (Å²) in [5.41, 5.74) is 7.52. The molecule has 0 fully saturated rings. The van der Waals surface area contributed by atoms with Crippen LogP contribution in [0.4, 0.5) is 11.4 Å². The molecule has 6 nitrogen and oxygen atoms in total. The Bertz CT molecular complexity index is 651. The molecule has 22 heavy (non-hydrogen) atoms. The number of anilines is 2. The molecule has 2 amide bonds. The van der Waals surface area contributed by atoms with Crippen molar-refractivity contribution in [2.45, 2.75) is 19.8 Å². The fourth-order valence-electron chi connectivity index (χ4n) is 1.91. The van der Waals surface area contributed by atoms with E-state index in [4.69, 9.17) is 10.2 Å². The molecule has 6 heteroatoms. The maximum atomic E-state index is 12.0. The van der Waals surface area contributed by atoms with Crippen molar-refractivity contribution in [1.29, 1.82) is 0 Å². The molecular formula is C16H19N3O3. The van der Waals surface area contributed by atoms with Crippen LogP contribution in [0.3, 0.4) is 0 Å². The van der Waals surface area contributed by atoms with E-state index in [2.05, 4.69) is 10.6 Å². The minimum absolute atomic E-state index is 0.0994. The third-order valence-electron chi connectivity index (χ3n) is 3.12. The van der Waals surface area contributed by atoms with Crippen molar-refractivity contribution in [1.82, 2.24) is 0 Å². The lowest BCUT2D eigenvalue weighted by Gasteiger charge is -2.11. The highest BCUT2D eigenvalue weighted by Crippen LogP contribution is 2.21. The van der Waals surface area contributed by atoms with Gasteiger partial charge in [0.05, 0.1) is 6.26 Å². The van der Waals surface area contributed by atoms with Crippen molar-refractivity contribution >= 4 is 23.2 Å². The number of aryl methyl sites for hydroxylation is 1. The predicted octanol–water partition coefficient (Wildman–Crippen LogP) is 2.52. The third kappa shape index (κ3) is 4.20. The average Bonchev–Trinajstić information content (AvgIpc) is 3.03. The third-order valence-corrected chi connectivity index (χ3v) is 3.12. The molecule has 0 bridgehead atoms. The summed E-state index contributed by atoms with van der Waals surface area (Å²) in [6.45, 7) is 2.35. The Morgan fingerprint density at radius 3 is 2.73 bits per heavy atom. The van der Waals surface area contributed by atoms with Gasteiger partial charge in [0.1, 0.15) is 0 Å². The first-order valence-electron chi connectivity index (χ1n) is 7.05. The van der Waals surface area contributed by atoms with Crippen molar-refractivity contribution in [3.05, 3.63) is 47.9 Å². The highest BCUT2D eigenvalue weighted by Gasteiger charge is 2.11. The molecule has 116 valence electrons. The second-order valence-electron chi connectivity index (χ2n) is 4.90. The molecule has 0 radical (unpaired) electrons. The van der Waals surface area contributed by atoms with Crippen LogP contribution in [0.2, 0.25) is 0 Å². The van der Waals surface area contributed by atoms with Gasteiger partial charge in [0, 0.05) is 17.8 Å². The maximum absolute atomic E-state index is 12.0. The largest absolute Gasteiger partial charge is 0.459 e. The second-order valence-corrected chi connectivity index (χ2v) is 4.90. The summed E-state index contributed by atoms with van der Waals surface area (Å²) in [6, 6.07) is 8.57. The molecule has 0 atom stereocenters. The lowest BCUT2D eigenvalue weighted by molar-refractivity contribution is -0.116. The monoisotopic (exact) mass is 301 g/mol. The van der Waals surface area contributed by atoms with Crippen LogP contribution in [-0.4, -0.2) is 18.4 Å². The summed E-state index contributed by atoms with van der Waals surface area (Å²) < 4.78 is 5.05. The maximum Gasteiger partial charge on any atom is 0.291 e. The number of rotatable bonds is 6. The van der Waals surface area contributed by atoms with Gasteiger partial charge in [0.2, 0.25) is 5.91 Å². The number of nitrogens with one attached hydrogen (secondary N) is 2. The van der Waals surface area contributed by atoms with E-state index in [1.807, 2.05) is 13.0 Å². The fourth-order valence-corrected chi connectivity index (χ4v) is 1.91. The lowest BCUT2D eigenvalue weighted by Crippen LogP contribution is -2.15. The van der Waals surface area contributed by atoms with E-state index in [1.54, 1.807) is 24.3 Å². The zero-order valence-electron chi connectivity index (χ0n) is 12.4. The van der Waals surface area contributed by atoms with E-state index in [0.29, 0.717) is 30.8 Å². The number of carbonyl (C=O) groups is 2. The summed E-state index contributed by atoms with van der Waals surface area (Å²) in [5.74, 6) is -0.200. The van der Waals surface area contributed by atoms with Crippen molar-refractivity contribution in [3.63, 3.8) is 0 Å². The van der Waals surface area contributed by atoms with Crippen LogP contribution in [0.5, 0.6) is 0 Å². The molecule has 1 aromatic carbocycles. The van der Waals surface area contributed by atoms with Crippen molar-refractivity contribution in [2.75, 3.05) is 17.2 Å². The number of carbonyl (C=O) groups excluding carboxylic acids is 2. The number of hydrogen-bond donors (Lipinski definition) is 3. The van der Waals surface area contributed by atoms with E-state index in [9.17, 15) is 9.59 Å². The number of nitrogens with two attached hydrogens (primary N) is 1. The Kier molecular flexibility index (Phi) is 5.32. The van der Waals surface area contributed by atoms with Gasteiger partial charge in [-0.15, -0.1) is 0 Å². The number of amides is 2. The average molecular weight is 301 g/mol. The molecule has 4 N–H and O–H groups in total. The Balaban J connectivity index is 2.06. The lowest BCUT2D eigenvalue weighted by atomic mass is 10.1. The molecule has 2 rings (SSSR count). The molecule has 0 aliphatic rings. The van der Waals surface area contributed by atoms with Crippen LogP contribution in [0.15, 0.2) is 41.0 Å². The van der Waals surface area contributed by atoms with Gasteiger partial charge in [0.15, 0.2) is 5.76 Å². The fraction of sp³-hybridized carbons (Fsp3) is 0.250. The van der Waals surface area contributed by atoms with Gasteiger partial charge >= 0.3 is 0 Å². The molecule has 0 unspecified atom stereocenters. The quantitative estimate of drug-likeness (QED) is 0.763. The van der Waals surface area contributed by atoms with Crippen LogP contribution in [0.25, 0.3) is 0 Å². The number of furan rings is 1. The molecule has 2 aromatic rings. The van der Waals surface area contributed by atoms with Crippen LogP contribution in [0, 0.1) is 6.92 Å². The molecular weight excluding hydrogens is 282 g/mol. The molecule has 0 saturated heterocycles. The van der Waals surface area contributed by atoms with Gasteiger partial charge in [-0.3, -0.25) is 9.59 Å². The SMILES string of the molecule is Cc1ccc(NC(=O)CCCN)cc1NC(=O)c1ccco1. The zero-order valence-corrected chi connectivity index (χ0v) is 12.4. The first kappa shape index (κ1) is 15.8. The van der Waals surface area contributed by atoms with Gasteiger partial charge in [-0.25, -0.2) is 0 Å². The van der Waals surface area contributed by atoms with E-state index in [0.717, 1.165) is 5.56 Å². The molecule has 1 heterocycles. The Labute approximate surface area is 128 Å². The van der Waals surface area contributed by atoms with Crippen LogP contribution in [-0.2, 0) is 4.79 Å². The van der Waals surface area contributed by atoms with Gasteiger partial charge in [-0.05, 0) is 49.7 Å². The topological polar surface area (TPSA) is 97.4 Å². The van der Waals surface area contributed by atoms with E-state index < -0.39 is 0 Å². The van der Waals surface area contributed by atoms with Gasteiger partial charge in [-0.1, -0.05) is 6.07 Å². The van der Waals surface area contributed by atoms with Crippen molar-refractivity contribution < 1.29 is 14.0 Å². The summed E-state index contributed by atoms with van der Waals surface area (Å²) in [4.78, 5) is 23.7. The standard InChI is InChI=1S/C16H19N3O3/c1-11-6-7-12(18-15(20)5-2-8-17)10-13(11)19-16(21)14-4-3-9-22-14/h3-4,6-7,9-10H,2,5,8,17H2,1H3,(H,18,20)(H,19,21). The summed E-state index contributed by atoms with van der Waals surface area (Å²) in [6.07, 6.45) is 2.45. The van der Waals surface area contributed by atoms with Crippen LogP contribution >= 0.6 is 0 Å². The van der Waals surface area contributed by atoms with Gasteiger partial charge in [0.25, 0.3) is 5.91 Å². The highest BCUT2D eigenvalue weighted by atomic mass is 16.3. The summed E-state index contributed by atoms with van der Waals surface area (Å²) in [7, 11) is 0. The van der Waals surface area contributed by atoms with E-state index in [-0.39, 0.29) is 17.6 Å². The zero-order chi connectivity index (χ0) is 15.9. The van der Waals surface area contributed by atoms with E-state index in [1.165, 1.54) is 6.26 Å². The minimum Gasteiger partial charge on any atom is -0.459 e. The molecule has 0 saturated carbocycles. The normalized spacial score (nSPS) is 10.3. The first-order chi connectivity index (χ1) is 10.6. The summed E-state index contributed by atoms with van der Waals surface area (Å²) >= 11 is 0. The van der Waals surface area contributed by atoms with Crippen molar-refractivity contribution in [2.24, 2.45) is 5.73 Å². The molecule has 1 aromatic heterocycles. The smallest absolute Gasteiger partial charge is 0.291 e. The van der Waals surface area contributed by atoms with Crippen LogP contribution in [0.1, 0.15) is 29.0 Å². The summed E-state index contributed by atoms with van der Waals surface area (Å²) in [5, 5.41) is 5.55. The highest BCUT2D eigenvalue weighted by molar-refractivity contribution is 6.03. The minimum atomic E-state index is -0.334. The number of benzene rings is 1. The second kappa shape index (κ2) is 7.42. The van der Waals surface area contributed by atoms with E-state index >= 15 is 0 Å². The molecule has 0 aliphatic heterocycles. The predicted molar refractivity (Wildman–Crippen MR) is 84.8 cm³/mol.